The third kappa shape index (κ3) is 5.56. The second-order valence-corrected chi connectivity index (χ2v) is 15.3. The molecular weight excluding hydrogens is 687 g/mol. The van der Waals surface area contributed by atoms with Gasteiger partial charge in [-0.05, 0) is 123 Å². The van der Waals surface area contributed by atoms with Crippen molar-refractivity contribution in [3.63, 3.8) is 0 Å². The van der Waals surface area contributed by atoms with Crippen LogP contribution in [0.4, 0.5) is 17.1 Å². The van der Waals surface area contributed by atoms with Crippen molar-refractivity contribution in [2.45, 2.75) is 0 Å². The first kappa shape index (κ1) is 31.6. The fourth-order valence-electron chi connectivity index (χ4n) is 8.10. The fraction of sp³-hybridized carbons (Fsp3) is 0. The lowest BCUT2D eigenvalue weighted by Gasteiger charge is -2.27. The first-order chi connectivity index (χ1) is 27.2. The molecule has 55 heavy (non-hydrogen) atoms. The minimum Gasteiger partial charge on any atom is -0.456 e. The zero-order valence-electron chi connectivity index (χ0n) is 29.8. The largest absolute Gasteiger partial charge is 0.456 e. The van der Waals surface area contributed by atoms with Gasteiger partial charge >= 0.3 is 0 Å². The van der Waals surface area contributed by atoms with E-state index in [4.69, 9.17) is 4.42 Å². The Kier molecular flexibility index (Phi) is 7.39. The van der Waals surface area contributed by atoms with Crippen molar-refractivity contribution >= 4 is 81.3 Å². The minimum absolute atomic E-state index is 0.895. The van der Waals surface area contributed by atoms with E-state index in [0.717, 1.165) is 50.1 Å². The number of nitrogens with zero attached hydrogens (tertiary/aromatic N) is 1. The van der Waals surface area contributed by atoms with Crippen LogP contribution in [0.25, 0.3) is 86.3 Å². The van der Waals surface area contributed by atoms with Crippen molar-refractivity contribution < 1.29 is 4.42 Å². The molecule has 0 aliphatic carbocycles. The van der Waals surface area contributed by atoms with Crippen LogP contribution in [0.3, 0.4) is 0 Å². The first-order valence-corrected chi connectivity index (χ1v) is 19.5. The Bertz CT molecular complexity index is 3240. The number of fused-ring (bicyclic) bond motifs is 7. The van der Waals surface area contributed by atoms with Crippen LogP contribution < -0.4 is 4.90 Å². The van der Waals surface area contributed by atoms with Crippen LogP contribution in [0.15, 0.2) is 205 Å². The predicted octanol–water partition coefficient (Wildman–Crippen LogP) is 15.6. The van der Waals surface area contributed by atoms with E-state index >= 15 is 0 Å². The summed E-state index contributed by atoms with van der Waals surface area (Å²) >= 11 is 1.85. The molecule has 2 aromatic heterocycles. The number of para-hydroxylation sites is 1. The van der Waals surface area contributed by atoms with Crippen molar-refractivity contribution in [2.75, 3.05) is 4.90 Å². The molecule has 11 aromatic rings. The highest BCUT2D eigenvalue weighted by Crippen LogP contribution is 2.42. The van der Waals surface area contributed by atoms with Crippen molar-refractivity contribution in [1.82, 2.24) is 0 Å². The number of anilines is 3. The summed E-state index contributed by atoms with van der Waals surface area (Å²) < 4.78 is 8.93. The lowest BCUT2D eigenvalue weighted by atomic mass is 9.99. The van der Waals surface area contributed by atoms with E-state index in [1.54, 1.807) is 0 Å². The number of hydrogen-bond donors (Lipinski definition) is 0. The van der Waals surface area contributed by atoms with Gasteiger partial charge in [0, 0.05) is 48.0 Å². The molecule has 11 rings (SSSR count). The average Bonchev–Trinajstić information content (AvgIpc) is 3.82. The van der Waals surface area contributed by atoms with Crippen LogP contribution >= 0.6 is 11.3 Å². The molecule has 0 aliphatic heterocycles. The van der Waals surface area contributed by atoms with E-state index in [9.17, 15) is 0 Å². The topological polar surface area (TPSA) is 16.4 Å². The molecule has 0 fully saturated rings. The molecule has 0 amide bonds. The van der Waals surface area contributed by atoms with Gasteiger partial charge in [0.05, 0.1) is 0 Å². The van der Waals surface area contributed by atoms with Crippen molar-refractivity contribution in [3.05, 3.63) is 200 Å². The van der Waals surface area contributed by atoms with Gasteiger partial charge in [-0.1, -0.05) is 121 Å². The normalized spacial score (nSPS) is 11.6. The third-order valence-corrected chi connectivity index (χ3v) is 12.0. The maximum atomic E-state index is 6.30. The van der Waals surface area contributed by atoms with Gasteiger partial charge in [-0.15, -0.1) is 11.3 Å². The molecule has 0 saturated heterocycles. The van der Waals surface area contributed by atoms with E-state index in [0.29, 0.717) is 0 Å². The monoisotopic (exact) mass is 719 g/mol. The van der Waals surface area contributed by atoms with Crippen LogP contribution in [0, 0.1) is 0 Å². The molecule has 0 spiro atoms. The quantitative estimate of drug-likeness (QED) is 0.170. The molecule has 0 saturated carbocycles. The minimum atomic E-state index is 0.895. The average molecular weight is 720 g/mol. The van der Waals surface area contributed by atoms with Crippen LogP contribution in [0.1, 0.15) is 0 Å². The van der Waals surface area contributed by atoms with Crippen molar-refractivity contribution in [2.24, 2.45) is 0 Å². The highest BCUT2D eigenvalue weighted by atomic mass is 32.1. The summed E-state index contributed by atoms with van der Waals surface area (Å²) in [5, 5.41) is 7.36. The van der Waals surface area contributed by atoms with Gasteiger partial charge in [0.15, 0.2) is 0 Å². The van der Waals surface area contributed by atoms with Crippen LogP contribution in [0.5, 0.6) is 0 Å². The summed E-state index contributed by atoms with van der Waals surface area (Å²) in [5.74, 6) is 0. The molecular formula is C52H33NOS. The van der Waals surface area contributed by atoms with Crippen molar-refractivity contribution in [1.29, 1.82) is 0 Å². The van der Waals surface area contributed by atoms with E-state index in [1.807, 2.05) is 23.5 Å². The summed E-state index contributed by atoms with van der Waals surface area (Å²) in [6.07, 6.45) is 0. The molecule has 9 aromatic carbocycles. The second-order valence-electron chi connectivity index (χ2n) is 14.2. The zero-order chi connectivity index (χ0) is 36.3. The van der Waals surface area contributed by atoms with E-state index in [1.165, 1.54) is 53.2 Å². The van der Waals surface area contributed by atoms with Gasteiger partial charge in [0.25, 0.3) is 0 Å². The Morgan fingerprint density at radius 1 is 0.309 bits per heavy atom. The highest BCUT2D eigenvalue weighted by Gasteiger charge is 2.17. The number of hydrogen-bond acceptors (Lipinski definition) is 3. The maximum absolute atomic E-state index is 6.30. The SMILES string of the molecule is c1cc(-c2ccc3ccccc3c2)cc(N(c2cccc(-c3ccc4c(c3)oc3ccccc34)c2)c2cccc(-c3ccc4sc5ccccc5c4c3)c2)c1. The highest BCUT2D eigenvalue weighted by molar-refractivity contribution is 7.25. The summed E-state index contributed by atoms with van der Waals surface area (Å²) in [7, 11) is 0. The van der Waals surface area contributed by atoms with Gasteiger partial charge in [-0.3, -0.25) is 0 Å². The Morgan fingerprint density at radius 3 is 1.58 bits per heavy atom. The summed E-state index contributed by atoms with van der Waals surface area (Å²) in [5.41, 5.74) is 12.1. The van der Waals surface area contributed by atoms with Crippen molar-refractivity contribution in [3.8, 4) is 33.4 Å². The molecule has 0 bridgehead atoms. The second kappa shape index (κ2) is 12.9. The van der Waals surface area contributed by atoms with Gasteiger partial charge in [0.2, 0.25) is 0 Å². The van der Waals surface area contributed by atoms with Crippen LogP contribution in [0.2, 0.25) is 0 Å². The molecule has 0 unspecified atom stereocenters. The Labute approximate surface area is 322 Å². The molecule has 3 heteroatoms. The number of benzene rings is 9. The third-order valence-electron chi connectivity index (χ3n) is 10.8. The van der Waals surface area contributed by atoms with Gasteiger partial charge < -0.3 is 9.32 Å². The van der Waals surface area contributed by atoms with Crippen LogP contribution in [-0.2, 0) is 0 Å². The number of rotatable bonds is 6. The number of thiophene rings is 1. The Hall–Kier alpha value is -6.94. The summed E-state index contributed by atoms with van der Waals surface area (Å²) in [4.78, 5) is 2.38. The molecule has 0 radical (unpaired) electrons. The van der Waals surface area contributed by atoms with Gasteiger partial charge in [-0.25, -0.2) is 0 Å². The van der Waals surface area contributed by atoms with E-state index < -0.39 is 0 Å². The van der Waals surface area contributed by atoms with Crippen LogP contribution in [-0.4, -0.2) is 0 Å². The Morgan fingerprint density at radius 2 is 0.836 bits per heavy atom. The lowest BCUT2D eigenvalue weighted by Crippen LogP contribution is -2.10. The molecule has 0 aliphatic rings. The smallest absolute Gasteiger partial charge is 0.136 e. The standard InChI is InChI=1S/C52H33NOS/c1-2-11-35-28-39(23-22-34(35)10-1)36-12-7-15-42(29-36)53(43-16-8-13-37(30-43)40-25-27-52-48(32-40)47-19-4-6-21-51(47)55-52)44-17-9-14-38(31-44)41-24-26-46-45-18-3-5-20-49(45)54-50(46)33-41/h1-33H. The molecule has 258 valence electrons. The molecule has 0 atom stereocenters. The molecule has 2 heterocycles. The van der Waals surface area contributed by atoms with Gasteiger partial charge in [-0.2, -0.15) is 0 Å². The van der Waals surface area contributed by atoms with E-state index in [-0.39, 0.29) is 0 Å². The maximum Gasteiger partial charge on any atom is 0.136 e. The van der Waals surface area contributed by atoms with Gasteiger partial charge in [0.1, 0.15) is 11.2 Å². The molecule has 2 nitrogen and oxygen atoms in total. The number of furan rings is 1. The summed E-state index contributed by atoms with van der Waals surface area (Å²) in [6, 6.07) is 72.4. The predicted molar refractivity (Wildman–Crippen MR) is 235 cm³/mol. The van der Waals surface area contributed by atoms with E-state index in [2.05, 4.69) is 193 Å². The lowest BCUT2D eigenvalue weighted by molar-refractivity contribution is 0.669. The fourth-order valence-corrected chi connectivity index (χ4v) is 9.19. The first-order valence-electron chi connectivity index (χ1n) is 18.6. The molecule has 0 N–H and O–H groups in total. The Balaban J connectivity index is 1.05. The zero-order valence-corrected chi connectivity index (χ0v) is 30.6. The summed E-state index contributed by atoms with van der Waals surface area (Å²) in [6.45, 7) is 0.